The second kappa shape index (κ2) is 6.18. The molecule has 5 nitrogen and oxygen atoms in total. The van der Waals surface area contributed by atoms with E-state index in [1.54, 1.807) is 6.07 Å². The van der Waals surface area contributed by atoms with Crippen molar-refractivity contribution in [1.82, 2.24) is 9.97 Å². The average molecular weight is 276 g/mol. The monoisotopic (exact) mass is 276 g/mol. The summed E-state index contributed by atoms with van der Waals surface area (Å²) in [5.74, 6) is 0.540. The van der Waals surface area contributed by atoms with Gasteiger partial charge < -0.3 is 15.8 Å². The molecule has 2 aromatic rings. The number of nitrogens with zero attached hydrogens (tertiary/aromatic N) is 2. The summed E-state index contributed by atoms with van der Waals surface area (Å²) in [5, 5.41) is 3.13. The van der Waals surface area contributed by atoms with Crippen LogP contribution in [0.5, 0.6) is 5.88 Å². The number of nitrogens with two attached hydrogens (primary N) is 1. The van der Waals surface area contributed by atoms with Crippen LogP contribution >= 0.6 is 0 Å². The van der Waals surface area contributed by atoms with Crippen molar-refractivity contribution in [1.29, 1.82) is 0 Å². The highest BCUT2D eigenvalue weighted by atomic mass is 19.1. The van der Waals surface area contributed by atoms with Gasteiger partial charge in [-0.2, -0.15) is 4.98 Å². The number of ether oxygens (including phenoxy) is 1. The van der Waals surface area contributed by atoms with Gasteiger partial charge in [0.05, 0.1) is 12.6 Å². The molecular weight excluding hydrogens is 259 g/mol. The van der Waals surface area contributed by atoms with E-state index in [9.17, 15) is 4.39 Å². The van der Waals surface area contributed by atoms with Gasteiger partial charge in [0.1, 0.15) is 17.8 Å². The van der Waals surface area contributed by atoms with Gasteiger partial charge in [-0.15, -0.1) is 0 Å². The van der Waals surface area contributed by atoms with Crippen LogP contribution in [0.4, 0.5) is 15.9 Å². The van der Waals surface area contributed by atoms with Gasteiger partial charge in [0.2, 0.25) is 5.88 Å². The van der Waals surface area contributed by atoms with Crippen LogP contribution in [0.3, 0.4) is 0 Å². The molecule has 0 radical (unpaired) electrons. The summed E-state index contributed by atoms with van der Waals surface area (Å²) in [4.78, 5) is 8.05. The Morgan fingerprint density at radius 1 is 1.40 bits per heavy atom. The summed E-state index contributed by atoms with van der Waals surface area (Å²) < 4.78 is 18.5. The van der Waals surface area contributed by atoms with Crippen LogP contribution in [0.1, 0.15) is 25.5 Å². The van der Waals surface area contributed by atoms with Crippen LogP contribution < -0.4 is 15.8 Å². The molecule has 1 aromatic carbocycles. The molecule has 0 aliphatic heterocycles. The minimum atomic E-state index is -0.276. The Bertz CT molecular complexity index is 591. The fourth-order valence-corrected chi connectivity index (χ4v) is 1.81. The Balaban J connectivity index is 2.19. The number of rotatable bonds is 5. The van der Waals surface area contributed by atoms with Gasteiger partial charge in [0.25, 0.3) is 0 Å². The minimum absolute atomic E-state index is 0.141. The topological polar surface area (TPSA) is 73.1 Å². The molecule has 0 saturated heterocycles. The molecule has 3 N–H and O–H groups in total. The molecule has 1 aromatic heterocycles. The first kappa shape index (κ1) is 14.0. The maximum Gasteiger partial charge on any atom is 0.242 e. The zero-order chi connectivity index (χ0) is 14.5. The minimum Gasteiger partial charge on any atom is -0.476 e. The van der Waals surface area contributed by atoms with Crippen molar-refractivity contribution < 1.29 is 9.13 Å². The van der Waals surface area contributed by atoms with Crippen molar-refractivity contribution in [2.24, 2.45) is 0 Å². The molecule has 0 saturated carbocycles. The summed E-state index contributed by atoms with van der Waals surface area (Å²) in [5.41, 5.74) is 7.09. The molecule has 0 amide bonds. The van der Waals surface area contributed by atoms with Crippen LogP contribution in [-0.4, -0.2) is 16.6 Å². The van der Waals surface area contributed by atoms with Gasteiger partial charge in [-0.25, -0.2) is 9.37 Å². The third kappa shape index (κ3) is 3.14. The van der Waals surface area contributed by atoms with E-state index in [1.807, 2.05) is 19.9 Å². The third-order valence-electron chi connectivity index (χ3n) is 2.83. The highest BCUT2D eigenvalue weighted by Crippen LogP contribution is 2.27. The molecule has 1 heterocycles. The van der Waals surface area contributed by atoms with Crippen molar-refractivity contribution >= 4 is 11.5 Å². The molecule has 0 fully saturated rings. The molecule has 106 valence electrons. The molecule has 20 heavy (non-hydrogen) atoms. The number of nitrogens with one attached hydrogen (secondary N) is 1. The van der Waals surface area contributed by atoms with E-state index in [0.717, 1.165) is 5.56 Å². The molecule has 0 aliphatic rings. The lowest BCUT2D eigenvalue weighted by Gasteiger charge is -2.17. The molecule has 1 atom stereocenters. The molecule has 6 heteroatoms. The molecule has 1 unspecified atom stereocenters. The third-order valence-corrected chi connectivity index (χ3v) is 2.83. The number of anilines is 2. The average Bonchev–Trinajstić information content (AvgIpc) is 2.43. The predicted molar refractivity (Wildman–Crippen MR) is 76.1 cm³/mol. The SMILES string of the molecule is CCOc1ncnc(NC(C)c2cccc(F)c2)c1N. The largest absolute Gasteiger partial charge is 0.476 e. The molecule has 0 bridgehead atoms. The van der Waals surface area contributed by atoms with Gasteiger partial charge in [-0.1, -0.05) is 12.1 Å². The Labute approximate surface area is 117 Å². The number of hydrogen-bond donors (Lipinski definition) is 2. The van der Waals surface area contributed by atoms with Crippen molar-refractivity contribution in [3.63, 3.8) is 0 Å². The number of benzene rings is 1. The fourth-order valence-electron chi connectivity index (χ4n) is 1.81. The Hall–Kier alpha value is -2.37. The number of aromatic nitrogens is 2. The lowest BCUT2D eigenvalue weighted by atomic mass is 10.1. The van der Waals surface area contributed by atoms with Crippen LogP contribution in [-0.2, 0) is 0 Å². The summed E-state index contributed by atoms with van der Waals surface area (Å²) in [7, 11) is 0. The van der Waals surface area contributed by atoms with Crippen molar-refractivity contribution in [3.05, 3.63) is 42.0 Å². The first-order valence-electron chi connectivity index (χ1n) is 6.37. The summed E-state index contributed by atoms with van der Waals surface area (Å²) in [6, 6.07) is 6.23. The Morgan fingerprint density at radius 2 is 2.20 bits per heavy atom. The maximum atomic E-state index is 13.2. The molecule has 0 spiro atoms. The van der Waals surface area contributed by atoms with Crippen LogP contribution in [0.15, 0.2) is 30.6 Å². The highest BCUT2D eigenvalue weighted by molar-refractivity contribution is 5.66. The number of hydrogen-bond acceptors (Lipinski definition) is 5. The predicted octanol–water partition coefficient (Wildman–Crippen LogP) is 2.77. The Kier molecular flexibility index (Phi) is 4.34. The second-order valence-electron chi connectivity index (χ2n) is 4.30. The van der Waals surface area contributed by atoms with E-state index < -0.39 is 0 Å². The lowest BCUT2D eigenvalue weighted by Crippen LogP contribution is -2.11. The van der Waals surface area contributed by atoms with E-state index in [0.29, 0.717) is 24.0 Å². The van der Waals surface area contributed by atoms with E-state index in [1.165, 1.54) is 18.5 Å². The first-order valence-corrected chi connectivity index (χ1v) is 6.37. The maximum absolute atomic E-state index is 13.2. The molecular formula is C14H17FN4O. The summed E-state index contributed by atoms with van der Waals surface area (Å²) >= 11 is 0. The first-order chi connectivity index (χ1) is 9.61. The van der Waals surface area contributed by atoms with Gasteiger partial charge in [-0.05, 0) is 31.5 Å². The Morgan fingerprint density at radius 3 is 2.90 bits per heavy atom. The number of nitrogen functional groups attached to an aromatic ring is 1. The van der Waals surface area contributed by atoms with E-state index in [-0.39, 0.29) is 11.9 Å². The smallest absolute Gasteiger partial charge is 0.242 e. The molecule has 2 rings (SSSR count). The van der Waals surface area contributed by atoms with Gasteiger partial charge in [0, 0.05) is 0 Å². The standard InChI is InChI=1S/C14H17FN4O/c1-3-20-14-12(16)13(17-8-18-14)19-9(2)10-5-4-6-11(15)7-10/h4-9H,3,16H2,1-2H3,(H,17,18,19). The zero-order valence-electron chi connectivity index (χ0n) is 11.4. The second-order valence-corrected chi connectivity index (χ2v) is 4.30. The van der Waals surface area contributed by atoms with E-state index >= 15 is 0 Å². The lowest BCUT2D eigenvalue weighted by molar-refractivity contribution is 0.328. The molecule has 0 aliphatic carbocycles. The van der Waals surface area contributed by atoms with Crippen LogP contribution in [0.25, 0.3) is 0 Å². The zero-order valence-corrected chi connectivity index (χ0v) is 11.4. The van der Waals surface area contributed by atoms with Gasteiger partial charge in [0.15, 0.2) is 5.82 Å². The van der Waals surface area contributed by atoms with Crippen molar-refractivity contribution in [3.8, 4) is 5.88 Å². The van der Waals surface area contributed by atoms with E-state index in [4.69, 9.17) is 10.5 Å². The van der Waals surface area contributed by atoms with Crippen molar-refractivity contribution in [2.75, 3.05) is 17.7 Å². The highest BCUT2D eigenvalue weighted by Gasteiger charge is 2.12. The van der Waals surface area contributed by atoms with Gasteiger partial charge >= 0.3 is 0 Å². The quantitative estimate of drug-likeness (QED) is 0.878. The van der Waals surface area contributed by atoms with Crippen LogP contribution in [0, 0.1) is 5.82 Å². The van der Waals surface area contributed by atoms with Gasteiger partial charge in [-0.3, -0.25) is 0 Å². The van der Waals surface area contributed by atoms with Crippen molar-refractivity contribution in [2.45, 2.75) is 19.9 Å². The normalized spacial score (nSPS) is 11.9. The summed E-state index contributed by atoms with van der Waals surface area (Å²) in [6.07, 6.45) is 1.38. The van der Waals surface area contributed by atoms with Crippen LogP contribution in [0.2, 0.25) is 0 Å². The van der Waals surface area contributed by atoms with E-state index in [2.05, 4.69) is 15.3 Å². The summed E-state index contributed by atoms with van der Waals surface area (Å²) in [6.45, 7) is 4.22. The number of halogens is 1. The fraction of sp³-hybridized carbons (Fsp3) is 0.286.